The number of nitriles is 1. The Morgan fingerprint density at radius 3 is 2.69 bits per heavy atom. The van der Waals surface area contributed by atoms with E-state index >= 15 is 0 Å². The quantitative estimate of drug-likeness (QED) is 0.748. The first kappa shape index (κ1) is 11.2. The van der Waals surface area contributed by atoms with E-state index in [0.717, 1.165) is 5.56 Å². The SMILES string of the molecule is CC(C)[C@@H]1CS(=O)(=O)c2cc(C#N)ccc21. The molecular formula is C12H13NO2S. The van der Waals surface area contributed by atoms with Crippen LogP contribution in [0.1, 0.15) is 30.9 Å². The van der Waals surface area contributed by atoms with Gasteiger partial charge >= 0.3 is 0 Å². The van der Waals surface area contributed by atoms with Crippen LogP contribution in [0.5, 0.6) is 0 Å². The van der Waals surface area contributed by atoms with Crippen LogP contribution in [0.3, 0.4) is 0 Å². The van der Waals surface area contributed by atoms with Crippen LogP contribution in [0.25, 0.3) is 0 Å². The highest BCUT2D eigenvalue weighted by molar-refractivity contribution is 7.91. The minimum Gasteiger partial charge on any atom is -0.224 e. The van der Waals surface area contributed by atoms with E-state index in [0.29, 0.717) is 16.4 Å². The van der Waals surface area contributed by atoms with Gasteiger partial charge in [0.2, 0.25) is 0 Å². The van der Waals surface area contributed by atoms with Crippen molar-refractivity contribution in [1.82, 2.24) is 0 Å². The van der Waals surface area contributed by atoms with Gasteiger partial charge in [0.05, 0.1) is 22.3 Å². The molecule has 1 heterocycles. The van der Waals surface area contributed by atoms with Crippen LogP contribution in [0.2, 0.25) is 0 Å². The Morgan fingerprint density at radius 2 is 2.12 bits per heavy atom. The number of sulfone groups is 1. The molecular weight excluding hydrogens is 222 g/mol. The summed E-state index contributed by atoms with van der Waals surface area (Å²) in [5, 5.41) is 8.77. The van der Waals surface area contributed by atoms with Crippen molar-refractivity contribution in [2.75, 3.05) is 5.75 Å². The molecule has 3 nitrogen and oxygen atoms in total. The number of nitrogens with zero attached hydrogens (tertiary/aromatic N) is 1. The van der Waals surface area contributed by atoms with E-state index in [4.69, 9.17) is 5.26 Å². The third kappa shape index (κ3) is 1.61. The van der Waals surface area contributed by atoms with Crippen molar-refractivity contribution in [3.05, 3.63) is 29.3 Å². The van der Waals surface area contributed by atoms with Crippen molar-refractivity contribution < 1.29 is 8.42 Å². The molecule has 0 radical (unpaired) electrons. The third-order valence-corrected chi connectivity index (χ3v) is 4.90. The molecule has 16 heavy (non-hydrogen) atoms. The van der Waals surface area contributed by atoms with E-state index < -0.39 is 9.84 Å². The second-order valence-corrected chi connectivity index (χ2v) is 6.50. The normalized spacial score (nSPS) is 21.8. The highest BCUT2D eigenvalue weighted by Crippen LogP contribution is 2.39. The van der Waals surface area contributed by atoms with Crippen molar-refractivity contribution in [2.24, 2.45) is 5.92 Å². The third-order valence-electron chi connectivity index (χ3n) is 3.08. The smallest absolute Gasteiger partial charge is 0.179 e. The largest absolute Gasteiger partial charge is 0.224 e. The second-order valence-electron chi connectivity index (χ2n) is 4.50. The van der Waals surface area contributed by atoms with Crippen molar-refractivity contribution in [1.29, 1.82) is 5.26 Å². The molecule has 1 aromatic carbocycles. The fraction of sp³-hybridized carbons (Fsp3) is 0.417. The van der Waals surface area contributed by atoms with Crippen molar-refractivity contribution in [2.45, 2.75) is 24.7 Å². The molecule has 2 rings (SSSR count). The first-order chi connectivity index (χ1) is 7.45. The molecule has 1 aliphatic rings. The summed E-state index contributed by atoms with van der Waals surface area (Å²) in [5.74, 6) is 0.534. The molecule has 0 fully saturated rings. The Balaban J connectivity index is 2.64. The van der Waals surface area contributed by atoms with Gasteiger partial charge in [-0.2, -0.15) is 5.26 Å². The van der Waals surface area contributed by atoms with Crippen LogP contribution < -0.4 is 0 Å². The lowest BCUT2D eigenvalue weighted by molar-refractivity contribution is 0.534. The predicted octanol–water partition coefficient (Wildman–Crippen LogP) is 2.09. The Hall–Kier alpha value is -1.34. The van der Waals surface area contributed by atoms with Gasteiger partial charge in [-0.15, -0.1) is 0 Å². The number of fused-ring (bicyclic) bond motifs is 1. The number of hydrogen-bond donors (Lipinski definition) is 0. The lowest BCUT2D eigenvalue weighted by Crippen LogP contribution is -2.09. The molecule has 1 aromatic rings. The Bertz CT molecular complexity index is 567. The maximum atomic E-state index is 11.9. The lowest BCUT2D eigenvalue weighted by Gasteiger charge is -2.13. The zero-order valence-corrected chi connectivity index (χ0v) is 10.1. The molecule has 0 saturated heterocycles. The van der Waals surface area contributed by atoms with E-state index in [9.17, 15) is 8.42 Å². The van der Waals surface area contributed by atoms with Gasteiger partial charge in [0.25, 0.3) is 0 Å². The zero-order chi connectivity index (χ0) is 11.9. The molecule has 0 unspecified atom stereocenters. The van der Waals surface area contributed by atoms with Gasteiger partial charge in [0.15, 0.2) is 9.84 Å². The number of rotatable bonds is 1. The monoisotopic (exact) mass is 235 g/mol. The maximum absolute atomic E-state index is 11.9. The van der Waals surface area contributed by atoms with Crippen LogP contribution in [-0.2, 0) is 9.84 Å². The highest BCUT2D eigenvalue weighted by Gasteiger charge is 2.36. The van der Waals surface area contributed by atoms with Crippen LogP contribution in [0, 0.1) is 17.2 Å². The minimum absolute atomic E-state index is 0.0627. The molecule has 1 atom stereocenters. The molecule has 1 aliphatic heterocycles. The van der Waals surface area contributed by atoms with Crippen molar-refractivity contribution in [3.63, 3.8) is 0 Å². The fourth-order valence-electron chi connectivity index (χ4n) is 2.15. The first-order valence-corrected chi connectivity index (χ1v) is 6.87. The van der Waals surface area contributed by atoms with Gasteiger partial charge in [0.1, 0.15) is 0 Å². The Morgan fingerprint density at radius 1 is 1.44 bits per heavy atom. The van der Waals surface area contributed by atoms with Crippen LogP contribution in [-0.4, -0.2) is 14.2 Å². The number of benzene rings is 1. The average Bonchev–Trinajstić information content (AvgIpc) is 2.51. The van der Waals surface area contributed by atoms with E-state index in [2.05, 4.69) is 0 Å². The van der Waals surface area contributed by atoms with Gasteiger partial charge in [-0.25, -0.2) is 8.42 Å². The molecule has 84 valence electrons. The van der Waals surface area contributed by atoms with Gasteiger partial charge < -0.3 is 0 Å². The number of hydrogen-bond acceptors (Lipinski definition) is 3. The molecule has 0 spiro atoms. The standard InChI is InChI=1S/C12H13NO2S/c1-8(2)11-7-16(14,15)12-5-9(6-13)3-4-10(11)12/h3-5,8,11H,7H2,1-2H3/t11-/m0/s1. The molecule has 0 saturated carbocycles. The fourth-order valence-corrected chi connectivity index (χ4v) is 4.25. The minimum atomic E-state index is -3.18. The summed E-state index contributed by atoms with van der Waals surface area (Å²) in [7, 11) is -3.18. The van der Waals surface area contributed by atoms with Gasteiger partial charge in [-0.3, -0.25) is 0 Å². The molecule has 4 heteroatoms. The topological polar surface area (TPSA) is 57.9 Å². The van der Waals surface area contributed by atoms with Gasteiger partial charge in [-0.1, -0.05) is 19.9 Å². The summed E-state index contributed by atoms with van der Waals surface area (Å²) < 4.78 is 23.9. The van der Waals surface area contributed by atoms with E-state index in [-0.39, 0.29) is 11.7 Å². The Kier molecular flexibility index (Phi) is 2.51. The predicted molar refractivity (Wildman–Crippen MR) is 60.8 cm³/mol. The van der Waals surface area contributed by atoms with Crippen LogP contribution in [0.4, 0.5) is 0 Å². The first-order valence-electron chi connectivity index (χ1n) is 5.22. The summed E-state index contributed by atoms with van der Waals surface area (Å²) in [6.07, 6.45) is 0. The Labute approximate surface area is 95.6 Å². The second kappa shape index (κ2) is 3.60. The molecule has 0 aromatic heterocycles. The lowest BCUT2D eigenvalue weighted by atomic mass is 9.90. The molecule has 0 N–H and O–H groups in total. The highest BCUT2D eigenvalue weighted by atomic mass is 32.2. The maximum Gasteiger partial charge on any atom is 0.179 e. The van der Waals surface area contributed by atoms with Crippen molar-refractivity contribution >= 4 is 9.84 Å². The summed E-state index contributed by atoms with van der Waals surface area (Å²) in [6.45, 7) is 4.04. The molecule has 0 bridgehead atoms. The zero-order valence-electron chi connectivity index (χ0n) is 9.27. The summed E-state index contributed by atoms with van der Waals surface area (Å²) in [6, 6.07) is 6.94. The average molecular weight is 235 g/mol. The van der Waals surface area contributed by atoms with Crippen LogP contribution >= 0.6 is 0 Å². The van der Waals surface area contributed by atoms with Crippen molar-refractivity contribution in [3.8, 4) is 6.07 Å². The van der Waals surface area contributed by atoms with E-state index in [1.165, 1.54) is 6.07 Å². The molecule has 0 amide bonds. The summed E-state index contributed by atoms with van der Waals surface area (Å²) >= 11 is 0. The van der Waals surface area contributed by atoms with Crippen LogP contribution in [0.15, 0.2) is 23.1 Å². The summed E-state index contributed by atoms with van der Waals surface area (Å²) in [4.78, 5) is 0.352. The van der Waals surface area contributed by atoms with Gasteiger partial charge in [0, 0.05) is 5.92 Å². The van der Waals surface area contributed by atoms with E-state index in [1.807, 2.05) is 19.9 Å². The van der Waals surface area contributed by atoms with Gasteiger partial charge in [-0.05, 0) is 23.6 Å². The summed E-state index contributed by atoms with van der Waals surface area (Å²) in [5.41, 5.74) is 1.28. The van der Waals surface area contributed by atoms with E-state index in [1.54, 1.807) is 12.1 Å². The molecule has 0 aliphatic carbocycles.